The zero-order valence-electron chi connectivity index (χ0n) is 22.4. The van der Waals surface area contributed by atoms with Gasteiger partial charge in [-0.25, -0.2) is 4.68 Å². The molecular formula is C28H27Cl2F2N5O4. The minimum absolute atomic E-state index is 0.00263. The number of aromatic nitrogens is 2. The fourth-order valence-electron chi connectivity index (χ4n) is 5.37. The van der Waals surface area contributed by atoms with E-state index in [4.69, 9.17) is 23.2 Å². The number of hydrogen-bond donors (Lipinski definition) is 1. The summed E-state index contributed by atoms with van der Waals surface area (Å²) in [6.45, 7) is 0.892. The molecule has 1 aromatic heterocycles. The lowest BCUT2D eigenvalue weighted by atomic mass is 9.96. The highest BCUT2D eigenvalue weighted by atomic mass is 35.5. The van der Waals surface area contributed by atoms with Gasteiger partial charge in [-0.3, -0.25) is 14.4 Å². The van der Waals surface area contributed by atoms with Gasteiger partial charge in [0.15, 0.2) is 0 Å². The number of amides is 3. The topological polar surface area (TPSA) is 96.8 Å². The first-order valence-corrected chi connectivity index (χ1v) is 13.7. The molecular weight excluding hydrogens is 579 g/mol. The van der Waals surface area contributed by atoms with Crippen LogP contribution in [0.4, 0.5) is 8.78 Å². The predicted molar refractivity (Wildman–Crippen MR) is 147 cm³/mol. The zero-order chi connectivity index (χ0) is 29.6. The van der Waals surface area contributed by atoms with Crippen LogP contribution in [-0.2, 0) is 17.8 Å². The number of alkyl halides is 2. The highest BCUT2D eigenvalue weighted by molar-refractivity contribution is 6.42. The summed E-state index contributed by atoms with van der Waals surface area (Å²) in [6.07, 6.45) is 0.386. The number of carbonyl (C=O) groups is 3. The molecule has 2 aliphatic rings. The first-order valence-electron chi connectivity index (χ1n) is 12.9. The van der Waals surface area contributed by atoms with Crippen molar-refractivity contribution in [2.24, 2.45) is 0 Å². The SMILES string of the molecule is CNC(=O)[C@@H]1CN([C@H](C)c2ccc(OC(F)F)cc2)C(=O)c2c3c(nn21)C[C@@H](C)N(C(=O)c1ccc(Cl)c(Cl)c1)C3. The molecule has 0 bridgehead atoms. The number of rotatable bonds is 6. The van der Waals surface area contributed by atoms with Crippen LogP contribution >= 0.6 is 23.2 Å². The molecule has 0 spiro atoms. The molecule has 3 aromatic rings. The smallest absolute Gasteiger partial charge is 0.387 e. The van der Waals surface area contributed by atoms with Crippen LogP contribution in [0.3, 0.4) is 0 Å². The number of fused-ring (bicyclic) bond motifs is 3. The van der Waals surface area contributed by atoms with E-state index in [1.807, 2.05) is 6.92 Å². The van der Waals surface area contributed by atoms with E-state index in [-0.39, 0.29) is 53.3 Å². The number of nitrogens with zero attached hydrogens (tertiary/aromatic N) is 4. The Hall–Kier alpha value is -3.70. The number of hydrogen-bond acceptors (Lipinski definition) is 5. The number of halogens is 4. The molecule has 216 valence electrons. The van der Waals surface area contributed by atoms with Crippen molar-refractivity contribution in [3.05, 3.63) is 80.6 Å². The summed E-state index contributed by atoms with van der Waals surface area (Å²) >= 11 is 12.2. The van der Waals surface area contributed by atoms with Crippen LogP contribution < -0.4 is 10.1 Å². The molecule has 3 amide bonds. The fraction of sp³-hybridized carbons (Fsp3) is 0.357. The van der Waals surface area contributed by atoms with Gasteiger partial charge in [-0.1, -0.05) is 35.3 Å². The van der Waals surface area contributed by atoms with E-state index in [1.165, 1.54) is 29.9 Å². The number of likely N-dealkylation sites (N-methyl/N-ethyl adjacent to an activating group) is 1. The molecule has 1 N–H and O–H groups in total. The summed E-state index contributed by atoms with van der Waals surface area (Å²) in [5.41, 5.74) is 2.49. The van der Waals surface area contributed by atoms with Crippen LogP contribution in [0.25, 0.3) is 0 Å². The van der Waals surface area contributed by atoms with E-state index in [2.05, 4.69) is 15.2 Å². The molecule has 2 aromatic carbocycles. The van der Waals surface area contributed by atoms with E-state index in [0.717, 1.165) is 0 Å². The third-order valence-corrected chi connectivity index (χ3v) is 8.34. The van der Waals surface area contributed by atoms with Gasteiger partial charge in [-0.05, 0) is 49.7 Å². The maximum Gasteiger partial charge on any atom is 0.387 e. The normalized spacial score (nSPS) is 19.1. The summed E-state index contributed by atoms with van der Waals surface area (Å²) in [5, 5.41) is 7.92. The van der Waals surface area contributed by atoms with Crippen LogP contribution in [0.15, 0.2) is 42.5 Å². The summed E-state index contributed by atoms with van der Waals surface area (Å²) in [6, 6.07) is 9.13. The summed E-state index contributed by atoms with van der Waals surface area (Å²) in [4.78, 5) is 43.7. The van der Waals surface area contributed by atoms with Gasteiger partial charge in [0.2, 0.25) is 5.91 Å². The van der Waals surface area contributed by atoms with Crippen LogP contribution in [0.1, 0.15) is 63.6 Å². The van der Waals surface area contributed by atoms with Gasteiger partial charge in [0.05, 0.1) is 34.9 Å². The maximum atomic E-state index is 14.0. The Kier molecular flexibility index (Phi) is 7.93. The van der Waals surface area contributed by atoms with Gasteiger partial charge < -0.3 is 19.9 Å². The van der Waals surface area contributed by atoms with Gasteiger partial charge >= 0.3 is 6.61 Å². The third-order valence-electron chi connectivity index (χ3n) is 7.60. The minimum atomic E-state index is -2.95. The average molecular weight is 606 g/mol. The fourth-order valence-corrected chi connectivity index (χ4v) is 5.66. The standard InChI is InChI=1S/C28H27Cl2F2N5O4/c1-14-10-22-19(12-35(14)26(39)17-6-9-20(29)21(30)11-17)24-27(40)36(13-23(25(38)33-3)37(24)34-22)15(2)16-4-7-18(8-5-16)41-28(31)32/h4-9,11,14-15,23,28H,10,12-13H2,1-3H3,(H,33,38)/t14-,15-,23+/m1/s1. The molecule has 3 atom stereocenters. The van der Waals surface area contributed by atoms with Crippen molar-refractivity contribution in [3.8, 4) is 5.75 Å². The zero-order valence-corrected chi connectivity index (χ0v) is 23.9. The Morgan fingerprint density at radius 2 is 1.83 bits per heavy atom. The van der Waals surface area contributed by atoms with Gasteiger partial charge in [-0.2, -0.15) is 13.9 Å². The molecule has 0 unspecified atom stereocenters. The first kappa shape index (κ1) is 28.8. The Morgan fingerprint density at radius 3 is 2.46 bits per heavy atom. The van der Waals surface area contributed by atoms with E-state index < -0.39 is 18.7 Å². The molecule has 0 fully saturated rings. The lowest BCUT2D eigenvalue weighted by Crippen LogP contribution is -2.49. The van der Waals surface area contributed by atoms with Crippen molar-refractivity contribution < 1.29 is 27.9 Å². The Balaban J connectivity index is 1.50. The van der Waals surface area contributed by atoms with Crippen LogP contribution in [-0.4, -0.2) is 63.5 Å². The number of nitrogens with one attached hydrogen (secondary N) is 1. The predicted octanol–water partition coefficient (Wildman–Crippen LogP) is 4.88. The average Bonchev–Trinajstić information content (AvgIpc) is 3.31. The van der Waals surface area contributed by atoms with Crippen LogP contribution in [0.2, 0.25) is 10.0 Å². The largest absolute Gasteiger partial charge is 0.435 e. The van der Waals surface area contributed by atoms with E-state index in [1.54, 1.807) is 41.0 Å². The molecule has 0 saturated heterocycles. The second-order valence-corrected chi connectivity index (χ2v) is 10.9. The van der Waals surface area contributed by atoms with Crippen molar-refractivity contribution in [3.63, 3.8) is 0 Å². The van der Waals surface area contributed by atoms with Gasteiger partial charge in [0, 0.05) is 30.6 Å². The van der Waals surface area contributed by atoms with Gasteiger partial charge in [0.25, 0.3) is 11.8 Å². The Labute approximate surface area is 244 Å². The molecule has 0 radical (unpaired) electrons. The third kappa shape index (κ3) is 5.36. The van der Waals surface area contributed by atoms with E-state index >= 15 is 0 Å². The van der Waals surface area contributed by atoms with Gasteiger partial charge in [0.1, 0.15) is 17.5 Å². The lowest BCUT2D eigenvalue weighted by Gasteiger charge is -2.38. The second kappa shape index (κ2) is 11.3. The van der Waals surface area contributed by atoms with Crippen LogP contribution in [0, 0.1) is 0 Å². The second-order valence-electron chi connectivity index (χ2n) is 10.0. The van der Waals surface area contributed by atoms with Crippen molar-refractivity contribution in [2.45, 2.75) is 51.6 Å². The molecule has 2 aliphatic heterocycles. The number of benzene rings is 2. The highest BCUT2D eigenvalue weighted by Gasteiger charge is 2.43. The molecule has 3 heterocycles. The van der Waals surface area contributed by atoms with Crippen molar-refractivity contribution >= 4 is 40.9 Å². The van der Waals surface area contributed by atoms with Gasteiger partial charge in [-0.15, -0.1) is 0 Å². The molecule has 41 heavy (non-hydrogen) atoms. The summed E-state index contributed by atoms with van der Waals surface area (Å²) in [5.74, 6) is -0.953. The van der Waals surface area contributed by atoms with Crippen molar-refractivity contribution in [2.75, 3.05) is 13.6 Å². The highest BCUT2D eigenvalue weighted by Crippen LogP contribution is 2.36. The molecule has 13 heteroatoms. The number of carbonyl (C=O) groups excluding carboxylic acids is 3. The quantitative estimate of drug-likeness (QED) is 0.432. The Morgan fingerprint density at radius 1 is 1.12 bits per heavy atom. The molecule has 0 saturated carbocycles. The minimum Gasteiger partial charge on any atom is -0.435 e. The molecule has 9 nitrogen and oxygen atoms in total. The van der Waals surface area contributed by atoms with Crippen molar-refractivity contribution in [1.82, 2.24) is 24.9 Å². The van der Waals surface area contributed by atoms with Crippen LogP contribution in [0.5, 0.6) is 5.75 Å². The lowest BCUT2D eigenvalue weighted by molar-refractivity contribution is -0.125. The maximum absolute atomic E-state index is 14.0. The Bertz CT molecular complexity index is 1510. The molecule has 5 rings (SSSR count). The van der Waals surface area contributed by atoms with E-state index in [0.29, 0.717) is 33.8 Å². The summed E-state index contributed by atoms with van der Waals surface area (Å²) in [7, 11) is 1.51. The number of ether oxygens (including phenoxy) is 1. The molecule has 0 aliphatic carbocycles. The van der Waals surface area contributed by atoms with Crippen molar-refractivity contribution in [1.29, 1.82) is 0 Å². The monoisotopic (exact) mass is 605 g/mol. The summed E-state index contributed by atoms with van der Waals surface area (Å²) < 4.78 is 31.1. The first-order chi connectivity index (χ1) is 19.5. The van der Waals surface area contributed by atoms with E-state index in [9.17, 15) is 23.2 Å².